The van der Waals surface area contributed by atoms with Crippen molar-refractivity contribution in [1.29, 1.82) is 0 Å². The molecule has 0 spiro atoms. The first kappa shape index (κ1) is 9.54. The van der Waals surface area contributed by atoms with E-state index in [9.17, 15) is 4.79 Å². The van der Waals surface area contributed by atoms with Gasteiger partial charge in [0.2, 0.25) is 0 Å². The van der Waals surface area contributed by atoms with Crippen LogP contribution in [0.1, 0.15) is 0 Å². The molecule has 0 heterocycles. The Morgan fingerprint density at radius 1 is 1.38 bits per heavy atom. The summed E-state index contributed by atoms with van der Waals surface area (Å²) < 4.78 is 0. The third-order valence-corrected chi connectivity index (χ3v) is 1.67. The third kappa shape index (κ3) is 2.76. The molecule has 0 aliphatic carbocycles. The largest absolute Gasteiger partial charge is 0.480 e. The molecule has 0 aliphatic heterocycles. The molecule has 0 fully saturated rings. The summed E-state index contributed by atoms with van der Waals surface area (Å²) in [5, 5.41) is 8.58. The van der Waals surface area contributed by atoms with Crippen molar-refractivity contribution in [2.45, 2.75) is 0 Å². The maximum Gasteiger partial charge on any atom is 0.323 e. The zero-order valence-electron chi connectivity index (χ0n) is 7.18. The Balaban J connectivity index is 2.73. The fraction of sp³-hybridized carbons (Fsp3) is 0.222. The van der Waals surface area contributed by atoms with E-state index < -0.39 is 5.97 Å². The molecule has 0 bridgehead atoms. The standard InChI is InChI=1S/C9H12N2O2/c10-7-11(6-9(12)13)8-4-2-1-3-5-8/h1-5H,6-7,10H2,(H,12,13). The van der Waals surface area contributed by atoms with E-state index in [0.29, 0.717) is 0 Å². The maximum atomic E-state index is 10.4. The fourth-order valence-electron chi connectivity index (χ4n) is 1.06. The summed E-state index contributed by atoms with van der Waals surface area (Å²) in [6.45, 7) is 0.136. The molecule has 13 heavy (non-hydrogen) atoms. The van der Waals surface area contributed by atoms with Gasteiger partial charge < -0.3 is 15.7 Å². The van der Waals surface area contributed by atoms with Crippen LogP contribution in [0.4, 0.5) is 5.69 Å². The van der Waals surface area contributed by atoms with Gasteiger partial charge in [-0.15, -0.1) is 0 Å². The van der Waals surface area contributed by atoms with Crippen molar-refractivity contribution in [3.05, 3.63) is 30.3 Å². The van der Waals surface area contributed by atoms with Gasteiger partial charge in [-0.2, -0.15) is 0 Å². The summed E-state index contributed by atoms with van der Waals surface area (Å²) in [7, 11) is 0. The highest BCUT2D eigenvalue weighted by Crippen LogP contribution is 2.10. The van der Waals surface area contributed by atoms with Crippen LogP contribution in [0.25, 0.3) is 0 Å². The number of para-hydroxylation sites is 1. The SMILES string of the molecule is NCN(CC(=O)O)c1ccccc1. The van der Waals surface area contributed by atoms with Gasteiger partial charge in [0.05, 0.1) is 6.67 Å². The van der Waals surface area contributed by atoms with Gasteiger partial charge in [-0.3, -0.25) is 4.79 Å². The molecular weight excluding hydrogens is 168 g/mol. The molecule has 1 aromatic rings. The van der Waals surface area contributed by atoms with E-state index in [-0.39, 0.29) is 13.2 Å². The van der Waals surface area contributed by atoms with Crippen LogP contribution in [0, 0.1) is 0 Å². The number of rotatable bonds is 4. The fourth-order valence-corrected chi connectivity index (χ4v) is 1.06. The van der Waals surface area contributed by atoms with E-state index in [2.05, 4.69) is 0 Å². The second-order valence-corrected chi connectivity index (χ2v) is 2.61. The molecule has 70 valence electrons. The van der Waals surface area contributed by atoms with Crippen molar-refractivity contribution in [3.8, 4) is 0 Å². The highest BCUT2D eigenvalue weighted by Gasteiger charge is 2.07. The Morgan fingerprint density at radius 2 is 2.00 bits per heavy atom. The van der Waals surface area contributed by atoms with Gasteiger partial charge in [0.15, 0.2) is 0 Å². The summed E-state index contributed by atoms with van der Waals surface area (Å²) >= 11 is 0. The van der Waals surface area contributed by atoms with Crippen molar-refractivity contribution in [2.75, 3.05) is 18.1 Å². The van der Waals surface area contributed by atoms with Crippen LogP contribution in [-0.2, 0) is 4.79 Å². The quantitative estimate of drug-likeness (QED) is 0.662. The highest BCUT2D eigenvalue weighted by atomic mass is 16.4. The van der Waals surface area contributed by atoms with Crippen molar-refractivity contribution < 1.29 is 9.90 Å². The lowest BCUT2D eigenvalue weighted by atomic mass is 10.3. The molecule has 0 atom stereocenters. The van der Waals surface area contributed by atoms with Crippen molar-refractivity contribution in [2.24, 2.45) is 5.73 Å². The minimum absolute atomic E-state index is 0.0689. The number of carboxylic acids is 1. The minimum atomic E-state index is -0.880. The van der Waals surface area contributed by atoms with E-state index in [0.717, 1.165) is 5.69 Å². The number of anilines is 1. The molecule has 0 saturated heterocycles. The van der Waals surface area contributed by atoms with Gasteiger partial charge in [0, 0.05) is 5.69 Å². The number of nitrogens with two attached hydrogens (primary N) is 1. The van der Waals surface area contributed by atoms with Crippen LogP contribution in [-0.4, -0.2) is 24.3 Å². The molecule has 1 aromatic carbocycles. The molecule has 1 rings (SSSR count). The number of benzene rings is 1. The van der Waals surface area contributed by atoms with Crippen LogP contribution >= 0.6 is 0 Å². The number of hydrogen-bond donors (Lipinski definition) is 2. The Labute approximate surface area is 76.6 Å². The first-order valence-corrected chi connectivity index (χ1v) is 3.96. The smallest absolute Gasteiger partial charge is 0.323 e. The number of nitrogens with zero attached hydrogens (tertiary/aromatic N) is 1. The molecule has 0 radical (unpaired) electrons. The van der Waals surface area contributed by atoms with E-state index in [1.165, 1.54) is 0 Å². The normalized spacial score (nSPS) is 9.62. The van der Waals surface area contributed by atoms with Gasteiger partial charge >= 0.3 is 5.97 Å². The molecule has 0 aliphatic rings. The second-order valence-electron chi connectivity index (χ2n) is 2.61. The molecule has 0 amide bonds. The third-order valence-electron chi connectivity index (χ3n) is 1.67. The van der Waals surface area contributed by atoms with Gasteiger partial charge in [-0.25, -0.2) is 0 Å². The van der Waals surface area contributed by atoms with Crippen molar-refractivity contribution in [1.82, 2.24) is 0 Å². The van der Waals surface area contributed by atoms with E-state index in [1.54, 1.807) is 4.90 Å². The first-order valence-electron chi connectivity index (χ1n) is 3.96. The average molecular weight is 180 g/mol. The summed E-state index contributed by atoms with van der Waals surface area (Å²) in [5.74, 6) is -0.880. The second kappa shape index (κ2) is 4.47. The van der Waals surface area contributed by atoms with Crippen molar-refractivity contribution >= 4 is 11.7 Å². The van der Waals surface area contributed by atoms with Gasteiger partial charge in [-0.05, 0) is 12.1 Å². The lowest BCUT2D eigenvalue weighted by Gasteiger charge is -2.19. The zero-order chi connectivity index (χ0) is 9.68. The highest BCUT2D eigenvalue weighted by molar-refractivity contribution is 5.73. The van der Waals surface area contributed by atoms with Crippen LogP contribution in [0.5, 0.6) is 0 Å². The molecule has 0 unspecified atom stereocenters. The van der Waals surface area contributed by atoms with Gasteiger partial charge in [0.1, 0.15) is 6.54 Å². The molecule has 3 N–H and O–H groups in total. The predicted molar refractivity (Wildman–Crippen MR) is 50.5 cm³/mol. The Bertz CT molecular complexity index is 274. The van der Waals surface area contributed by atoms with Crippen LogP contribution in [0.15, 0.2) is 30.3 Å². The Kier molecular flexibility index (Phi) is 3.28. The van der Waals surface area contributed by atoms with Gasteiger partial charge in [0.25, 0.3) is 0 Å². The van der Waals surface area contributed by atoms with E-state index in [1.807, 2.05) is 30.3 Å². The molecule has 0 aromatic heterocycles. The van der Waals surface area contributed by atoms with Gasteiger partial charge in [-0.1, -0.05) is 18.2 Å². The summed E-state index contributed by atoms with van der Waals surface area (Å²) in [6.07, 6.45) is 0. The molecule has 4 heteroatoms. The lowest BCUT2D eigenvalue weighted by molar-refractivity contribution is -0.135. The zero-order valence-corrected chi connectivity index (χ0v) is 7.18. The van der Waals surface area contributed by atoms with Crippen LogP contribution < -0.4 is 10.6 Å². The van der Waals surface area contributed by atoms with E-state index >= 15 is 0 Å². The number of carbonyl (C=O) groups is 1. The molecule has 4 nitrogen and oxygen atoms in total. The summed E-state index contributed by atoms with van der Waals surface area (Å²) in [6, 6.07) is 9.23. The van der Waals surface area contributed by atoms with Crippen molar-refractivity contribution in [3.63, 3.8) is 0 Å². The monoisotopic (exact) mass is 180 g/mol. The van der Waals surface area contributed by atoms with E-state index in [4.69, 9.17) is 10.8 Å². The number of hydrogen-bond acceptors (Lipinski definition) is 3. The van der Waals surface area contributed by atoms with Crippen LogP contribution in [0.3, 0.4) is 0 Å². The number of carboxylic acid groups (broad SMARTS) is 1. The minimum Gasteiger partial charge on any atom is -0.480 e. The lowest BCUT2D eigenvalue weighted by Crippen LogP contribution is -2.34. The topological polar surface area (TPSA) is 66.6 Å². The summed E-state index contributed by atoms with van der Waals surface area (Å²) in [5.41, 5.74) is 6.24. The number of aliphatic carboxylic acids is 1. The average Bonchev–Trinajstić information content (AvgIpc) is 2.15. The maximum absolute atomic E-state index is 10.4. The first-order chi connectivity index (χ1) is 6.24. The molecular formula is C9H12N2O2. The van der Waals surface area contributed by atoms with Crippen LogP contribution in [0.2, 0.25) is 0 Å². The summed E-state index contributed by atoms with van der Waals surface area (Å²) in [4.78, 5) is 12.0. The molecule has 0 saturated carbocycles. The Hall–Kier alpha value is -1.55. The predicted octanol–water partition coefficient (Wildman–Crippen LogP) is 0.494. The Morgan fingerprint density at radius 3 is 2.46 bits per heavy atom.